The van der Waals surface area contributed by atoms with Crippen LogP contribution in [0.3, 0.4) is 0 Å². The van der Waals surface area contributed by atoms with E-state index in [2.05, 4.69) is 5.32 Å². The van der Waals surface area contributed by atoms with Crippen molar-refractivity contribution in [1.82, 2.24) is 14.5 Å². The molecule has 5 nitrogen and oxygen atoms in total. The Bertz CT molecular complexity index is 764. The Morgan fingerprint density at radius 2 is 2.00 bits per heavy atom. The van der Waals surface area contributed by atoms with E-state index >= 15 is 0 Å². The lowest BCUT2D eigenvalue weighted by Gasteiger charge is -2.15. The molecule has 6 heteroatoms. The molecule has 1 N–H and O–H groups in total. The van der Waals surface area contributed by atoms with Crippen LogP contribution in [0.1, 0.15) is 24.1 Å². The fourth-order valence-corrected chi connectivity index (χ4v) is 2.36. The zero-order valence-corrected chi connectivity index (χ0v) is 13.0. The fraction of sp³-hybridized carbons (Fsp3) is 0.333. The summed E-state index contributed by atoms with van der Waals surface area (Å²) >= 11 is 5.97. The molecule has 1 atom stereocenters. The van der Waals surface area contributed by atoms with Crippen molar-refractivity contribution in [3.8, 4) is 0 Å². The first-order chi connectivity index (χ1) is 9.90. The van der Waals surface area contributed by atoms with Gasteiger partial charge in [0.2, 0.25) is 0 Å². The van der Waals surface area contributed by atoms with E-state index in [9.17, 15) is 9.59 Å². The zero-order chi connectivity index (χ0) is 15.6. The first-order valence-electron chi connectivity index (χ1n) is 6.64. The van der Waals surface area contributed by atoms with Crippen LogP contribution in [-0.2, 0) is 20.6 Å². The lowest BCUT2D eigenvalue weighted by Crippen LogP contribution is -2.39. The highest BCUT2D eigenvalue weighted by molar-refractivity contribution is 6.30. The maximum absolute atomic E-state index is 12.0. The third-order valence-electron chi connectivity index (χ3n) is 3.46. The lowest BCUT2D eigenvalue weighted by molar-refractivity contribution is 0.559. The molecule has 0 radical (unpaired) electrons. The molecule has 0 fully saturated rings. The van der Waals surface area contributed by atoms with Gasteiger partial charge < -0.3 is 9.88 Å². The number of halogens is 1. The lowest BCUT2D eigenvalue weighted by atomic mass is 10.1. The van der Waals surface area contributed by atoms with Crippen LogP contribution in [0.5, 0.6) is 0 Å². The third-order valence-corrected chi connectivity index (χ3v) is 3.70. The Morgan fingerprint density at radius 3 is 2.67 bits per heavy atom. The fourth-order valence-electron chi connectivity index (χ4n) is 2.16. The van der Waals surface area contributed by atoms with Crippen LogP contribution in [-0.4, -0.2) is 9.13 Å². The average molecular weight is 308 g/mol. The second kappa shape index (κ2) is 6.28. The Morgan fingerprint density at radius 1 is 1.29 bits per heavy atom. The maximum atomic E-state index is 12.0. The molecule has 1 aromatic carbocycles. The standard InChI is InChI=1S/C15H18ClN3O2/c1-10(11-5-4-6-13(16)7-11)17-8-12-9-18(2)15(21)19(3)14(12)20/h4-7,9-10,17H,8H2,1-3H3. The minimum absolute atomic E-state index is 0.0469. The Hall–Kier alpha value is -1.85. The van der Waals surface area contributed by atoms with Crippen LogP contribution in [0.2, 0.25) is 5.02 Å². The molecule has 0 aliphatic rings. The topological polar surface area (TPSA) is 56.0 Å². The normalized spacial score (nSPS) is 12.4. The van der Waals surface area contributed by atoms with Crippen LogP contribution in [0.15, 0.2) is 40.1 Å². The molecule has 0 amide bonds. The van der Waals surface area contributed by atoms with Gasteiger partial charge in [-0.2, -0.15) is 0 Å². The van der Waals surface area contributed by atoms with E-state index in [0.29, 0.717) is 17.1 Å². The van der Waals surface area contributed by atoms with Gasteiger partial charge in [-0.25, -0.2) is 4.79 Å². The average Bonchev–Trinajstić information content (AvgIpc) is 2.47. The van der Waals surface area contributed by atoms with Crippen LogP contribution < -0.4 is 16.6 Å². The molecule has 1 unspecified atom stereocenters. The van der Waals surface area contributed by atoms with E-state index in [0.717, 1.165) is 10.1 Å². The minimum Gasteiger partial charge on any atom is -0.306 e. The van der Waals surface area contributed by atoms with E-state index in [4.69, 9.17) is 11.6 Å². The van der Waals surface area contributed by atoms with E-state index in [1.54, 1.807) is 13.2 Å². The molecular formula is C15H18ClN3O2. The van der Waals surface area contributed by atoms with Crippen molar-refractivity contribution in [2.75, 3.05) is 0 Å². The van der Waals surface area contributed by atoms with Gasteiger partial charge in [-0.1, -0.05) is 23.7 Å². The number of rotatable bonds is 4. The molecule has 0 saturated heterocycles. The van der Waals surface area contributed by atoms with E-state index in [1.807, 2.05) is 31.2 Å². The van der Waals surface area contributed by atoms with Crippen molar-refractivity contribution in [2.24, 2.45) is 14.1 Å². The summed E-state index contributed by atoms with van der Waals surface area (Å²) in [4.78, 5) is 23.7. The minimum atomic E-state index is -0.327. The van der Waals surface area contributed by atoms with Crippen molar-refractivity contribution in [3.05, 3.63) is 67.4 Å². The highest BCUT2D eigenvalue weighted by Gasteiger charge is 2.09. The molecule has 1 heterocycles. The molecule has 2 aromatic rings. The predicted octanol–water partition coefficient (Wildman–Crippen LogP) is 1.59. The molecule has 0 aliphatic heterocycles. The smallest absolute Gasteiger partial charge is 0.306 e. The Balaban J connectivity index is 2.17. The molecule has 0 saturated carbocycles. The summed E-state index contributed by atoms with van der Waals surface area (Å²) in [6, 6.07) is 7.62. The van der Waals surface area contributed by atoms with E-state index in [1.165, 1.54) is 11.6 Å². The van der Waals surface area contributed by atoms with Gasteiger partial charge in [0.15, 0.2) is 0 Å². The summed E-state index contributed by atoms with van der Waals surface area (Å²) in [5, 5.41) is 3.95. The first kappa shape index (κ1) is 15.5. The highest BCUT2D eigenvalue weighted by atomic mass is 35.5. The van der Waals surface area contributed by atoms with Gasteiger partial charge in [-0.15, -0.1) is 0 Å². The van der Waals surface area contributed by atoms with Crippen molar-refractivity contribution in [3.63, 3.8) is 0 Å². The van der Waals surface area contributed by atoms with E-state index < -0.39 is 0 Å². The molecule has 21 heavy (non-hydrogen) atoms. The van der Waals surface area contributed by atoms with Crippen molar-refractivity contribution >= 4 is 11.6 Å². The number of aryl methyl sites for hydroxylation is 1. The van der Waals surface area contributed by atoms with Crippen molar-refractivity contribution < 1.29 is 0 Å². The quantitative estimate of drug-likeness (QED) is 0.933. The third kappa shape index (κ3) is 3.43. The summed E-state index contributed by atoms with van der Waals surface area (Å²) in [5.41, 5.74) is 0.994. The van der Waals surface area contributed by atoms with Crippen LogP contribution in [0.25, 0.3) is 0 Å². The van der Waals surface area contributed by atoms with Crippen LogP contribution in [0, 0.1) is 0 Å². The molecule has 112 valence electrons. The second-order valence-electron chi connectivity index (χ2n) is 5.07. The number of aromatic nitrogens is 2. The van der Waals surface area contributed by atoms with Gasteiger partial charge in [0.05, 0.1) is 0 Å². The van der Waals surface area contributed by atoms with Gasteiger partial charge in [-0.3, -0.25) is 9.36 Å². The number of nitrogens with zero attached hydrogens (tertiary/aromatic N) is 2. The Labute approximate surface area is 127 Å². The molecular weight excluding hydrogens is 290 g/mol. The zero-order valence-electron chi connectivity index (χ0n) is 12.3. The second-order valence-corrected chi connectivity index (χ2v) is 5.51. The van der Waals surface area contributed by atoms with Gasteiger partial charge >= 0.3 is 5.69 Å². The SMILES string of the molecule is CC(NCc1cn(C)c(=O)n(C)c1=O)c1cccc(Cl)c1. The van der Waals surface area contributed by atoms with Crippen LogP contribution >= 0.6 is 11.6 Å². The van der Waals surface area contributed by atoms with E-state index in [-0.39, 0.29) is 17.3 Å². The van der Waals surface area contributed by atoms with Gasteiger partial charge in [0.1, 0.15) is 0 Å². The molecule has 0 spiro atoms. The van der Waals surface area contributed by atoms with Gasteiger partial charge in [0, 0.05) is 43.5 Å². The summed E-state index contributed by atoms with van der Waals surface area (Å²) < 4.78 is 2.52. The monoisotopic (exact) mass is 307 g/mol. The van der Waals surface area contributed by atoms with Gasteiger partial charge in [-0.05, 0) is 24.6 Å². The van der Waals surface area contributed by atoms with Gasteiger partial charge in [0.25, 0.3) is 5.56 Å². The van der Waals surface area contributed by atoms with Crippen molar-refractivity contribution in [1.29, 1.82) is 0 Å². The summed E-state index contributed by atoms with van der Waals surface area (Å²) in [5.74, 6) is 0. The summed E-state index contributed by atoms with van der Waals surface area (Å²) in [6.45, 7) is 2.38. The first-order valence-corrected chi connectivity index (χ1v) is 7.02. The number of benzene rings is 1. The summed E-state index contributed by atoms with van der Waals surface area (Å²) in [6.07, 6.45) is 1.57. The molecule has 2 rings (SSSR count). The van der Waals surface area contributed by atoms with Crippen LogP contribution in [0.4, 0.5) is 0 Å². The highest BCUT2D eigenvalue weighted by Crippen LogP contribution is 2.17. The maximum Gasteiger partial charge on any atom is 0.330 e. The summed E-state index contributed by atoms with van der Waals surface area (Å²) in [7, 11) is 3.11. The number of hydrogen-bond acceptors (Lipinski definition) is 3. The van der Waals surface area contributed by atoms with Crippen molar-refractivity contribution in [2.45, 2.75) is 19.5 Å². The Kier molecular flexibility index (Phi) is 4.65. The largest absolute Gasteiger partial charge is 0.330 e. The predicted molar refractivity (Wildman–Crippen MR) is 83.6 cm³/mol. The number of hydrogen-bond donors (Lipinski definition) is 1. The molecule has 0 aliphatic carbocycles. The molecule has 0 bridgehead atoms. The number of nitrogens with one attached hydrogen (secondary N) is 1. The molecule has 1 aromatic heterocycles.